The van der Waals surface area contributed by atoms with Gasteiger partial charge in [0, 0.05) is 19.0 Å². The number of nitrogens with zero attached hydrogens (tertiary/aromatic N) is 1. The van der Waals surface area contributed by atoms with Crippen LogP contribution < -0.4 is 10.1 Å². The van der Waals surface area contributed by atoms with Crippen LogP contribution in [0.25, 0.3) is 0 Å². The maximum absolute atomic E-state index is 12.6. The maximum Gasteiger partial charge on any atom is 0.223 e. The van der Waals surface area contributed by atoms with E-state index >= 15 is 0 Å². The van der Waals surface area contributed by atoms with Crippen molar-refractivity contribution in [1.29, 1.82) is 0 Å². The van der Waals surface area contributed by atoms with Gasteiger partial charge in [-0.2, -0.15) is 0 Å². The van der Waals surface area contributed by atoms with E-state index in [1.165, 1.54) is 5.56 Å². The molecule has 0 radical (unpaired) electrons. The number of hydrogen-bond donors (Lipinski definition) is 2. The van der Waals surface area contributed by atoms with Gasteiger partial charge in [-0.05, 0) is 49.4 Å². The molecule has 2 aromatic rings. The predicted molar refractivity (Wildman–Crippen MR) is 112 cm³/mol. The number of benzene rings is 2. The highest BCUT2D eigenvalue weighted by molar-refractivity contribution is 5.81. The number of nitrogens with one attached hydrogen (secondary N) is 1. The fourth-order valence-corrected chi connectivity index (χ4v) is 4.26. The van der Waals surface area contributed by atoms with E-state index in [1.807, 2.05) is 37.3 Å². The first-order valence-corrected chi connectivity index (χ1v) is 10.4. The lowest BCUT2D eigenvalue weighted by molar-refractivity contribution is -0.130. The van der Waals surface area contributed by atoms with Crippen molar-refractivity contribution in [3.05, 3.63) is 65.7 Å². The van der Waals surface area contributed by atoms with Gasteiger partial charge < -0.3 is 15.2 Å². The van der Waals surface area contributed by atoms with Crippen LogP contribution in [-0.2, 0) is 11.3 Å². The number of rotatable bonds is 6. The molecule has 29 heavy (non-hydrogen) atoms. The normalized spacial score (nSPS) is 27.4. The Labute approximate surface area is 172 Å². The molecule has 2 N–H and O–H groups in total. The molecule has 5 nitrogen and oxygen atoms in total. The van der Waals surface area contributed by atoms with E-state index in [0.717, 1.165) is 37.2 Å². The fourth-order valence-electron chi connectivity index (χ4n) is 4.26. The molecule has 2 aliphatic rings. The Morgan fingerprint density at radius 3 is 2.48 bits per heavy atom. The minimum Gasteiger partial charge on any atom is -0.497 e. The third kappa shape index (κ3) is 4.46. The molecular formula is C24H30N2O3. The molecule has 1 amide bonds. The molecule has 2 fully saturated rings. The van der Waals surface area contributed by atoms with Crippen LogP contribution in [0.4, 0.5) is 0 Å². The average molecular weight is 395 g/mol. The van der Waals surface area contributed by atoms with Crippen LogP contribution in [0.3, 0.4) is 0 Å². The summed E-state index contributed by atoms with van der Waals surface area (Å²) in [5.41, 5.74) is 1.34. The van der Waals surface area contributed by atoms with Gasteiger partial charge in [0.05, 0.1) is 24.8 Å². The molecule has 0 spiro atoms. The Bertz CT molecular complexity index is 831. The van der Waals surface area contributed by atoms with Gasteiger partial charge in [-0.1, -0.05) is 42.5 Å². The highest BCUT2D eigenvalue weighted by Crippen LogP contribution is 2.39. The van der Waals surface area contributed by atoms with Crippen molar-refractivity contribution < 1.29 is 14.6 Å². The number of carbonyl (C=O) groups excluding carboxylic acids is 1. The van der Waals surface area contributed by atoms with E-state index in [4.69, 9.17) is 4.74 Å². The number of likely N-dealkylation sites (tertiary alicyclic amines) is 1. The summed E-state index contributed by atoms with van der Waals surface area (Å²) < 4.78 is 5.27. The van der Waals surface area contributed by atoms with Crippen LogP contribution in [-0.4, -0.2) is 41.2 Å². The van der Waals surface area contributed by atoms with Gasteiger partial charge in [0.2, 0.25) is 5.91 Å². The zero-order chi connectivity index (χ0) is 20.4. The van der Waals surface area contributed by atoms with E-state index in [2.05, 4.69) is 34.5 Å². The van der Waals surface area contributed by atoms with Gasteiger partial charge in [0.15, 0.2) is 0 Å². The van der Waals surface area contributed by atoms with E-state index in [9.17, 15) is 9.90 Å². The Balaban J connectivity index is 1.64. The summed E-state index contributed by atoms with van der Waals surface area (Å²) in [5, 5.41) is 14.4. The summed E-state index contributed by atoms with van der Waals surface area (Å²) in [6.07, 6.45) is 2.51. The van der Waals surface area contributed by atoms with Gasteiger partial charge in [0.1, 0.15) is 5.75 Å². The second-order valence-electron chi connectivity index (χ2n) is 8.54. The number of hydrogen-bond acceptors (Lipinski definition) is 4. The van der Waals surface area contributed by atoms with Crippen LogP contribution in [0.15, 0.2) is 54.6 Å². The lowest BCUT2D eigenvalue weighted by Crippen LogP contribution is -2.62. The average Bonchev–Trinajstić information content (AvgIpc) is 3.57. The topological polar surface area (TPSA) is 61.8 Å². The number of carbonyl (C=O) groups is 1. The molecule has 1 saturated carbocycles. The van der Waals surface area contributed by atoms with Crippen LogP contribution >= 0.6 is 0 Å². The number of methoxy groups -OCH3 is 1. The predicted octanol–water partition coefficient (Wildman–Crippen LogP) is 3.29. The molecule has 3 unspecified atom stereocenters. The Hall–Kier alpha value is -2.37. The van der Waals surface area contributed by atoms with Gasteiger partial charge in [0.25, 0.3) is 0 Å². The zero-order valence-electron chi connectivity index (χ0n) is 17.2. The third-order valence-electron chi connectivity index (χ3n) is 6.22. The molecule has 1 aliphatic heterocycles. The minimum atomic E-state index is -0.957. The summed E-state index contributed by atoms with van der Waals surface area (Å²) in [7, 11) is 1.67. The molecule has 5 heteroatoms. The molecule has 1 aliphatic carbocycles. The van der Waals surface area contributed by atoms with Crippen molar-refractivity contribution >= 4 is 5.91 Å². The van der Waals surface area contributed by atoms with Crippen LogP contribution in [0, 0.1) is 5.92 Å². The van der Waals surface area contributed by atoms with Crippen molar-refractivity contribution in [2.45, 2.75) is 50.4 Å². The first-order chi connectivity index (χ1) is 14.0. The Kier molecular flexibility index (Phi) is 5.61. The Morgan fingerprint density at radius 2 is 1.86 bits per heavy atom. The van der Waals surface area contributed by atoms with Gasteiger partial charge >= 0.3 is 0 Å². The smallest absolute Gasteiger partial charge is 0.223 e. The van der Waals surface area contributed by atoms with Crippen molar-refractivity contribution in [2.75, 3.05) is 13.7 Å². The van der Waals surface area contributed by atoms with E-state index in [1.54, 1.807) is 7.11 Å². The second kappa shape index (κ2) is 8.17. The summed E-state index contributed by atoms with van der Waals surface area (Å²) >= 11 is 0. The van der Waals surface area contributed by atoms with Crippen molar-refractivity contribution in [3.63, 3.8) is 0 Å². The molecule has 0 bridgehead atoms. The third-order valence-corrected chi connectivity index (χ3v) is 6.22. The Morgan fingerprint density at radius 1 is 1.17 bits per heavy atom. The summed E-state index contributed by atoms with van der Waals surface area (Å²) in [4.78, 5) is 15.0. The molecule has 1 saturated heterocycles. The van der Waals surface area contributed by atoms with Crippen LogP contribution in [0.1, 0.15) is 43.4 Å². The monoisotopic (exact) mass is 394 g/mol. The van der Waals surface area contributed by atoms with Crippen LogP contribution in [0.5, 0.6) is 5.75 Å². The van der Waals surface area contributed by atoms with Crippen molar-refractivity contribution in [3.8, 4) is 5.75 Å². The molecule has 3 atom stereocenters. The highest BCUT2D eigenvalue weighted by Gasteiger charge is 2.47. The van der Waals surface area contributed by atoms with Gasteiger partial charge in [-0.3, -0.25) is 9.69 Å². The standard InChI is InChI=1S/C24H30N2O3/c1-24(28)14-15-26(16-17-8-12-20(29-2)13-9-17)21(18-6-4-3-5-7-18)22(24)25-23(27)19-10-11-19/h3-9,12-13,19,21-22,28H,10-11,14-16H2,1-2H3,(H,25,27). The SMILES string of the molecule is COc1ccc(CN2CCC(C)(O)C(NC(=O)C3CC3)C2c2ccccc2)cc1. The van der Waals surface area contributed by atoms with E-state index < -0.39 is 5.60 Å². The number of ether oxygens (including phenoxy) is 1. The minimum absolute atomic E-state index is 0.0718. The first-order valence-electron chi connectivity index (χ1n) is 10.4. The fraction of sp³-hybridized carbons (Fsp3) is 0.458. The molecule has 0 aromatic heterocycles. The first kappa shape index (κ1) is 19.9. The lowest BCUT2D eigenvalue weighted by atomic mass is 9.79. The largest absolute Gasteiger partial charge is 0.497 e. The summed E-state index contributed by atoms with van der Waals surface area (Å²) in [6, 6.07) is 17.8. The van der Waals surface area contributed by atoms with Gasteiger partial charge in [-0.15, -0.1) is 0 Å². The summed E-state index contributed by atoms with van der Waals surface area (Å²) in [5.74, 6) is 1.02. The number of aliphatic hydroxyl groups is 1. The quantitative estimate of drug-likeness (QED) is 0.789. The second-order valence-corrected chi connectivity index (χ2v) is 8.54. The molecule has 154 valence electrons. The zero-order valence-corrected chi connectivity index (χ0v) is 17.2. The van der Waals surface area contributed by atoms with Crippen molar-refractivity contribution in [1.82, 2.24) is 10.2 Å². The number of piperidine rings is 1. The number of amides is 1. The molecular weight excluding hydrogens is 364 g/mol. The summed E-state index contributed by atoms with van der Waals surface area (Å²) in [6.45, 7) is 3.36. The highest BCUT2D eigenvalue weighted by atomic mass is 16.5. The molecule has 1 heterocycles. The van der Waals surface area contributed by atoms with E-state index in [0.29, 0.717) is 6.42 Å². The van der Waals surface area contributed by atoms with Gasteiger partial charge in [-0.25, -0.2) is 0 Å². The molecule has 4 rings (SSSR count). The lowest BCUT2D eigenvalue weighted by Gasteiger charge is -2.49. The molecule has 2 aromatic carbocycles. The maximum atomic E-state index is 12.6. The van der Waals surface area contributed by atoms with Crippen LogP contribution in [0.2, 0.25) is 0 Å². The van der Waals surface area contributed by atoms with Crippen molar-refractivity contribution in [2.24, 2.45) is 5.92 Å². The van der Waals surface area contributed by atoms with E-state index in [-0.39, 0.29) is 23.9 Å².